The van der Waals surface area contributed by atoms with Gasteiger partial charge in [0, 0.05) is 11.4 Å². The topological polar surface area (TPSA) is 50.4 Å². The maximum absolute atomic E-state index is 12.7. The van der Waals surface area contributed by atoms with Gasteiger partial charge in [0.15, 0.2) is 5.11 Å². The molecule has 0 aliphatic heterocycles. The molecule has 0 saturated heterocycles. The molecule has 1 aromatic rings. The van der Waals surface area contributed by atoms with Crippen LogP contribution < -0.4 is 10.6 Å². The number of aryl methyl sites for hydroxylation is 1. The molecule has 2 rings (SSSR count). The number of fused-ring (bicyclic) bond motifs is 1. The van der Waals surface area contributed by atoms with Crippen LogP contribution in [0.3, 0.4) is 0 Å². The van der Waals surface area contributed by atoms with Crippen molar-refractivity contribution in [3.05, 3.63) is 16.0 Å². The van der Waals surface area contributed by atoms with Crippen LogP contribution in [0.2, 0.25) is 0 Å². The van der Waals surface area contributed by atoms with Crippen LogP contribution in [-0.2, 0) is 17.6 Å². The zero-order chi connectivity index (χ0) is 20.4. The van der Waals surface area contributed by atoms with Gasteiger partial charge in [-0.25, -0.2) is 4.79 Å². The summed E-state index contributed by atoms with van der Waals surface area (Å²) in [4.78, 5) is 14.0. The molecular weight excluding hydrogens is 388 g/mol. The van der Waals surface area contributed by atoms with Crippen LogP contribution in [0.25, 0.3) is 0 Å². The van der Waals surface area contributed by atoms with Crippen molar-refractivity contribution >= 4 is 39.6 Å². The van der Waals surface area contributed by atoms with Crippen LogP contribution in [0.15, 0.2) is 0 Å². The first kappa shape index (κ1) is 23.1. The molecule has 1 atom stereocenters. The molecule has 1 heterocycles. The molecule has 2 N–H and O–H groups in total. The number of unbranched alkanes of at least 4 members (excludes halogenated alkanes) is 1. The van der Waals surface area contributed by atoms with Crippen molar-refractivity contribution in [3.8, 4) is 0 Å². The third-order valence-corrected chi connectivity index (χ3v) is 6.93. The van der Waals surface area contributed by atoms with E-state index in [1.54, 1.807) is 11.3 Å². The minimum atomic E-state index is -0.222. The van der Waals surface area contributed by atoms with Crippen molar-refractivity contribution in [1.29, 1.82) is 0 Å². The molecule has 0 bridgehead atoms. The number of esters is 1. The SMILES string of the molecule is CCCCC(CC)CNC(=S)Nc1sc2c(c1C(=O)OCC)CCCCCC2. The summed E-state index contributed by atoms with van der Waals surface area (Å²) >= 11 is 7.23. The molecule has 0 radical (unpaired) electrons. The molecule has 0 fully saturated rings. The molecule has 0 aromatic carbocycles. The second-order valence-corrected chi connectivity index (χ2v) is 9.11. The summed E-state index contributed by atoms with van der Waals surface area (Å²) in [7, 11) is 0. The van der Waals surface area contributed by atoms with Crippen molar-refractivity contribution in [1.82, 2.24) is 5.32 Å². The number of nitrogens with one attached hydrogen (secondary N) is 2. The number of anilines is 1. The van der Waals surface area contributed by atoms with Crippen molar-refractivity contribution in [2.75, 3.05) is 18.5 Å². The summed E-state index contributed by atoms with van der Waals surface area (Å²) in [5.41, 5.74) is 1.90. The van der Waals surface area contributed by atoms with Gasteiger partial charge in [-0.05, 0) is 62.7 Å². The number of hydrogen-bond donors (Lipinski definition) is 2. The van der Waals surface area contributed by atoms with Crippen LogP contribution in [0.4, 0.5) is 5.00 Å². The van der Waals surface area contributed by atoms with E-state index in [1.165, 1.54) is 49.0 Å². The summed E-state index contributed by atoms with van der Waals surface area (Å²) in [6, 6.07) is 0. The third-order valence-electron chi connectivity index (χ3n) is 5.47. The molecule has 1 unspecified atom stereocenters. The van der Waals surface area contributed by atoms with Gasteiger partial charge in [0.1, 0.15) is 5.00 Å². The standard InChI is InChI=1S/C22H36N2O2S2/c1-4-7-12-16(5-2)15-23-22(27)24-20-19(21(25)26-6-3)17-13-10-8-9-11-14-18(17)28-20/h16H,4-15H2,1-3H3,(H2,23,24,27). The Morgan fingerprint density at radius 1 is 1.18 bits per heavy atom. The number of thiocarbonyl (C=S) groups is 1. The average Bonchev–Trinajstić information content (AvgIpc) is 2.98. The van der Waals surface area contributed by atoms with Crippen molar-refractivity contribution in [2.45, 2.75) is 85.0 Å². The fraction of sp³-hybridized carbons (Fsp3) is 0.727. The van der Waals surface area contributed by atoms with E-state index in [9.17, 15) is 4.79 Å². The Labute approximate surface area is 179 Å². The zero-order valence-corrected chi connectivity index (χ0v) is 19.3. The lowest BCUT2D eigenvalue weighted by atomic mass is 9.96. The van der Waals surface area contributed by atoms with Crippen LogP contribution in [0.1, 0.15) is 92.9 Å². The second-order valence-electron chi connectivity index (χ2n) is 7.59. The molecule has 1 aliphatic rings. The van der Waals surface area contributed by atoms with E-state index in [-0.39, 0.29) is 5.97 Å². The molecular formula is C22H36N2O2S2. The van der Waals surface area contributed by atoms with Gasteiger partial charge < -0.3 is 15.4 Å². The lowest BCUT2D eigenvalue weighted by molar-refractivity contribution is 0.0526. The predicted octanol–water partition coefficient (Wildman–Crippen LogP) is 6.09. The van der Waals surface area contributed by atoms with E-state index in [2.05, 4.69) is 24.5 Å². The Balaban J connectivity index is 2.11. The number of carbonyl (C=O) groups excluding carboxylic acids is 1. The van der Waals surface area contributed by atoms with E-state index < -0.39 is 0 Å². The van der Waals surface area contributed by atoms with Gasteiger partial charge in [0.25, 0.3) is 0 Å². The van der Waals surface area contributed by atoms with Crippen molar-refractivity contribution in [3.63, 3.8) is 0 Å². The highest BCUT2D eigenvalue weighted by Crippen LogP contribution is 2.37. The quantitative estimate of drug-likeness (QED) is 0.371. The van der Waals surface area contributed by atoms with E-state index in [1.807, 2.05) is 6.92 Å². The second kappa shape index (κ2) is 12.4. The number of carbonyl (C=O) groups is 1. The lowest BCUT2D eigenvalue weighted by Gasteiger charge is -2.17. The smallest absolute Gasteiger partial charge is 0.341 e. The first-order valence-electron chi connectivity index (χ1n) is 11.0. The molecule has 158 valence electrons. The summed E-state index contributed by atoms with van der Waals surface area (Å²) in [5, 5.41) is 8.15. The summed E-state index contributed by atoms with van der Waals surface area (Å²) in [6.45, 7) is 7.58. The lowest BCUT2D eigenvalue weighted by Crippen LogP contribution is -2.33. The normalized spacial score (nSPS) is 15.1. The van der Waals surface area contributed by atoms with Crippen molar-refractivity contribution in [2.24, 2.45) is 5.92 Å². The summed E-state index contributed by atoms with van der Waals surface area (Å²) in [6.07, 6.45) is 11.7. The molecule has 0 saturated carbocycles. The molecule has 1 aromatic heterocycles. The number of thiophene rings is 1. The Morgan fingerprint density at radius 3 is 2.61 bits per heavy atom. The van der Waals surface area contributed by atoms with Crippen molar-refractivity contribution < 1.29 is 9.53 Å². The number of hydrogen-bond acceptors (Lipinski definition) is 4. The first-order valence-corrected chi connectivity index (χ1v) is 12.2. The minimum Gasteiger partial charge on any atom is -0.462 e. The van der Waals surface area contributed by atoms with Gasteiger partial charge in [-0.1, -0.05) is 46.0 Å². The Hall–Kier alpha value is -1.14. The van der Waals surface area contributed by atoms with Gasteiger partial charge in [-0.2, -0.15) is 0 Å². The molecule has 0 spiro atoms. The van der Waals surface area contributed by atoms with Gasteiger partial charge in [-0.15, -0.1) is 11.3 Å². The van der Waals surface area contributed by atoms with Gasteiger partial charge in [0.2, 0.25) is 0 Å². The van der Waals surface area contributed by atoms with E-state index in [0.717, 1.165) is 37.2 Å². The highest BCUT2D eigenvalue weighted by molar-refractivity contribution is 7.80. The van der Waals surface area contributed by atoms with Crippen LogP contribution in [0.5, 0.6) is 0 Å². The Bertz CT molecular complexity index is 643. The molecule has 0 amide bonds. The molecule has 6 heteroatoms. The van der Waals surface area contributed by atoms with Gasteiger partial charge >= 0.3 is 5.97 Å². The average molecular weight is 425 g/mol. The van der Waals surface area contributed by atoms with Gasteiger partial charge in [-0.3, -0.25) is 0 Å². The third kappa shape index (κ3) is 6.73. The number of ether oxygens (including phenoxy) is 1. The highest BCUT2D eigenvalue weighted by atomic mass is 32.1. The fourth-order valence-electron chi connectivity index (χ4n) is 3.75. The van der Waals surface area contributed by atoms with E-state index in [0.29, 0.717) is 23.2 Å². The van der Waals surface area contributed by atoms with Crippen LogP contribution in [0, 0.1) is 5.92 Å². The van der Waals surface area contributed by atoms with E-state index >= 15 is 0 Å². The number of rotatable bonds is 9. The highest BCUT2D eigenvalue weighted by Gasteiger charge is 2.25. The maximum atomic E-state index is 12.7. The monoisotopic (exact) mass is 424 g/mol. The minimum absolute atomic E-state index is 0.222. The van der Waals surface area contributed by atoms with E-state index in [4.69, 9.17) is 17.0 Å². The largest absolute Gasteiger partial charge is 0.462 e. The predicted molar refractivity (Wildman–Crippen MR) is 124 cm³/mol. The van der Waals surface area contributed by atoms with Gasteiger partial charge in [0.05, 0.1) is 12.2 Å². The summed E-state index contributed by atoms with van der Waals surface area (Å²) < 4.78 is 5.37. The molecule has 4 nitrogen and oxygen atoms in total. The zero-order valence-electron chi connectivity index (χ0n) is 17.7. The Kier molecular flexibility index (Phi) is 10.3. The summed E-state index contributed by atoms with van der Waals surface area (Å²) in [5.74, 6) is 0.410. The maximum Gasteiger partial charge on any atom is 0.341 e. The molecule has 1 aliphatic carbocycles. The first-order chi connectivity index (χ1) is 13.6. The van der Waals surface area contributed by atoms with Crippen LogP contribution in [-0.4, -0.2) is 24.2 Å². The Morgan fingerprint density at radius 2 is 1.93 bits per heavy atom. The molecule has 28 heavy (non-hydrogen) atoms. The van der Waals surface area contributed by atoms with Crippen LogP contribution >= 0.6 is 23.6 Å². The fourth-order valence-corrected chi connectivity index (χ4v) is 5.29.